The van der Waals surface area contributed by atoms with Gasteiger partial charge in [-0.15, -0.1) is 0 Å². The van der Waals surface area contributed by atoms with Crippen molar-refractivity contribution in [1.82, 2.24) is 0 Å². The number of benzene rings is 2. The van der Waals surface area contributed by atoms with Gasteiger partial charge < -0.3 is 0 Å². The monoisotopic (exact) mass is 642 g/mol. The predicted octanol–water partition coefficient (Wildman–Crippen LogP) is 10.3. The molecule has 1 atom stereocenters. The van der Waals surface area contributed by atoms with Gasteiger partial charge in [-0.2, -0.15) is 0 Å². The van der Waals surface area contributed by atoms with Crippen LogP contribution in [0.15, 0.2) is 73.0 Å². The van der Waals surface area contributed by atoms with Gasteiger partial charge in [0.05, 0.1) is 0 Å². The van der Waals surface area contributed by atoms with Crippen molar-refractivity contribution in [2.24, 2.45) is 5.41 Å². The van der Waals surface area contributed by atoms with Gasteiger partial charge in [-0.25, -0.2) is 0 Å². The molecule has 0 fully saturated rings. The summed E-state index contributed by atoms with van der Waals surface area (Å²) in [5, 5.41) is 2.70. The Kier molecular flexibility index (Phi) is 13.2. The van der Waals surface area contributed by atoms with Crippen LogP contribution >= 0.6 is 0 Å². The molecule has 2 rings (SSSR count). The zero-order valence-corrected chi connectivity index (χ0v) is 30.1. The van der Waals surface area contributed by atoms with E-state index >= 15 is 0 Å². The predicted molar refractivity (Wildman–Crippen MR) is 176 cm³/mol. The second-order valence-corrected chi connectivity index (χ2v) is 31.7. The molecule has 2 aromatic carbocycles. The second kappa shape index (κ2) is 15.1. The molecule has 0 amide bonds. The molecule has 0 aliphatic heterocycles. The molecular formula is C35H58OSiSn. The van der Waals surface area contributed by atoms with Gasteiger partial charge >= 0.3 is 243 Å². The van der Waals surface area contributed by atoms with Crippen molar-refractivity contribution in [3.63, 3.8) is 0 Å². The fourth-order valence-electron chi connectivity index (χ4n) is 6.75. The zero-order valence-electron chi connectivity index (χ0n) is 26.3. The van der Waals surface area contributed by atoms with Crippen molar-refractivity contribution in [3.8, 4) is 0 Å². The van der Waals surface area contributed by atoms with Crippen LogP contribution in [0.2, 0.25) is 22.3 Å². The maximum absolute atomic E-state index is 7.29. The first kappa shape index (κ1) is 33.2. The Hall–Kier alpha value is -1.00. The molecule has 0 saturated heterocycles. The summed E-state index contributed by atoms with van der Waals surface area (Å²) in [5.41, 5.74) is 0.261. The summed E-state index contributed by atoms with van der Waals surface area (Å²) in [7, 11) is -2.57. The summed E-state index contributed by atoms with van der Waals surface area (Å²) in [5.74, 6) is 0. The number of hydrogen-bond donors (Lipinski definition) is 0. The Balaban J connectivity index is 2.65. The SMILES string of the molecule is CCC[CH2][Sn]([CH2]CCC)([CH2]CCC)[CH](/C=C/O[Si](c1ccccc1)(c1ccccc1)C(C)(C)C)C(C)(C)C. The van der Waals surface area contributed by atoms with Crippen molar-refractivity contribution in [3.05, 3.63) is 73.0 Å². The number of unbranched alkanes of at least 4 members (excludes halogenated alkanes) is 3. The third-order valence-electron chi connectivity index (χ3n) is 8.61. The van der Waals surface area contributed by atoms with Gasteiger partial charge in [0.15, 0.2) is 0 Å². The fourth-order valence-corrected chi connectivity index (χ4v) is 31.5. The van der Waals surface area contributed by atoms with E-state index in [-0.39, 0.29) is 10.5 Å². The summed E-state index contributed by atoms with van der Waals surface area (Å²) in [6.07, 6.45) is 13.0. The van der Waals surface area contributed by atoms with Crippen LogP contribution in [-0.2, 0) is 4.43 Å². The molecule has 0 saturated carbocycles. The molecule has 212 valence electrons. The van der Waals surface area contributed by atoms with Crippen molar-refractivity contribution in [2.75, 3.05) is 0 Å². The third-order valence-corrected chi connectivity index (χ3v) is 31.8. The molecule has 0 spiro atoms. The summed E-state index contributed by atoms with van der Waals surface area (Å²) >= 11 is -2.55. The molecule has 0 heterocycles. The molecule has 0 radical (unpaired) electrons. The number of allylic oxidation sites excluding steroid dienone is 1. The summed E-state index contributed by atoms with van der Waals surface area (Å²) in [6, 6.07) is 22.2. The fraction of sp³-hybridized carbons (Fsp3) is 0.600. The maximum atomic E-state index is 7.29. The minimum atomic E-state index is -2.57. The Bertz CT molecular complexity index is 878. The molecule has 0 bridgehead atoms. The van der Waals surface area contributed by atoms with Gasteiger partial charge in [0.2, 0.25) is 0 Å². The van der Waals surface area contributed by atoms with Crippen LogP contribution in [0.3, 0.4) is 0 Å². The Morgan fingerprint density at radius 1 is 0.684 bits per heavy atom. The summed E-state index contributed by atoms with van der Waals surface area (Å²) < 4.78 is 12.5. The molecule has 2 aromatic rings. The first-order valence-electron chi connectivity index (χ1n) is 15.4. The molecule has 38 heavy (non-hydrogen) atoms. The van der Waals surface area contributed by atoms with E-state index in [1.165, 1.54) is 62.2 Å². The quantitative estimate of drug-likeness (QED) is 0.139. The topological polar surface area (TPSA) is 9.23 Å². The molecule has 1 unspecified atom stereocenters. The summed E-state index contributed by atoms with van der Waals surface area (Å²) in [6.45, 7) is 21.8. The van der Waals surface area contributed by atoms with Gasteiger partial charge in [0.25, 0.3) is 0 Å². The van der Waals surface area contributed by atoms with Crippen LogP contribution in [0.5, 0.6) is 0 Å². The van der Waals surface area contributed by atoms with Gasteiger partial charge in [-0.1, -0.05) is 0 Å². The molecule has 0 aromatic heterocycles. The first-order chi connectivity index (χ1) is 18.0. The van der Waals surface area contributed by atoms with Crippen LogP contribution in [0.1, 0.15) is 101 Å². The molecule has 0 aliphatic carbocycles. The van der Waals surface area contributed by atoms with Crippen LogP contribution in [0.25, 0.3) is 0 Å². The molecule has 0 aliphatic rings. The van der Waals surface area contributed by atoms with E-state index in [1.54, 1.807) is 0 Å². The molecular weight excluding hydrogens is 583 g/mol. The molecule has 3 heteroatoms. The van der Waals surface area contributed by atoms with Crippen molar-refractivity contribution < 1.29 is 4.43 Å². The van der Waals surface area contributed by atoms with Crippen LogP contribution < -0.4 is 10.4 Å². The van der Waals surface area contributed by atoms with Gasteiger partial charge in [0.1, 0.15) is 0 Å². The molecule has 1 nitrogen and oxygen atoms in total. The number of rotatable bonds is 15. The normalized spacial score (nSPS) is 14.1. The van der Waals surface area contributed by atoms with E-state index in [9.17, 15) is 0 Å². The van der Waals surface area contributed by atoms with E-state index in [1.807, 2.05) is 0 Å². The minimum absolute atomic E-state index is 0.00965. The Morgan fingerprint density at radius 3 is 1.39 bits per heavy atom. The van der Waals surface area contributed by atoms with Crippen molar-refractivity contribution in [2.45, 2.75) is 123 Å². The summed E-state index contributed by atoms with van der Waals surface area (Å²) in [4.78, 5) is 0. The Labute approximate surface area is 241 Å². The zero-order chi connectivity index (χ0) is 28.3. The Morgan fingerprint density at radius 2 is 1.08 bits per heavy atom. The van der Waals surface area contributed by atoms with Gasteiger partial charge in [0, 0.05) is 0 Å². The third kappa shape index (κ3) is 8.25. The second-order valence-electron chi connectivity index (χ2n) is 13.6. The van der Waals surface area contributed by atoms with Gasteiger partial charge in [-0.3, -0.25) is 0 Å². The number of hydrogen-bond acceptors (Lipinski definition) is 1. The molecule has 0 N–H and O–H groups in total. The van der Waals surface area contributed by atoms with E-state index < -0.39 is 26.7 Å². The van der Waals surface area contributed by atoms with E-state index in [4.69, 9.17) is 4.43 Å². The van der Waals surface area contributed by atoms with Crippen molar-refractivity contribution >= 4 is 37.1 Å². The van der Waals surface area contributed by atoms with E-state index in [0.717, 1.165) is 0 Å². The van der Waals surface area contributed by atoms with Crippen molar-refractivity contribution in [1.29, 1.82) is 0 Å². The van der Waals surface area contributed by atoms with Crippen LogP contribution in [-0.4, -0.2) is 26.7 Å². The van der Waals surface area contributed by atoms with Crippen LogP contribution in [0, 0.1) is 5.41 Å². The van der Waals surface area contributed by atoms with Crippen LogP contribution in [0.4, 0.5) is 0 Å². The standard InChI is InChI=1S/C23H31OSi.3C4H9.Sn/c1-22(2,3)18-13-19-24-25(23(4,5)6,20-14-9-7-10-15-20)21-16-11-8-12-17-21;3*1-3-4-2;/h7-19H,1-6H3;3*1,3-4H2,2H3;/b19-13+;;;;. The average molecular weight is 642 g/mol. The average Bonchev–Trinajstić information content (AvgIpc) is 2.88. The van der Waals surface area contributed by atoms with E-state index in [0.29, 0.717) is 3.93 Å². The first-order valence-corrected chi connectivity index (χ1v) is 25.0. The van der Waals surface area contributed by atoms with E-state index in [2.05, 4.69) is 135 Å². The van der Waals surface area contributed by atoms with Gasteiger partial charge in [-0.05, 0) is 0 Å².